The quantitative estimate of drug-likeness (QED) is 0.343. The molecule has 200 valence electrons. The van der Waals surface area contributed by atoms with Crippen molar-refractivity contribution in [3.05, 3.63) is 101 Å². The second-order valence-corrected chi connectivity index (χ2v) is 9.67. The maximum absolute atomic E-state index is 12.9. The number of piperidine rings is 1. The Balaban J connectivity index is 0.00000336. The molecule has 4 aromatic rings. The van der Waals surface area contributed by atoms with E-state index in [1.165, 1.54) is 5.56 Å². The number of aromatic amines is 1. The molecular formula is C29H34ClN5O3. The van der Waals surface area contributed by atoms with Crippen LogP contribution < -0.4 is 5.69 Å². The van der Waals surface area contributed by atoms with Crippen LogP contribution in [-0.4, -0.2) is 56.2 Å². The van der Waals surface area contributed by atoms with Crippen LogP contribution >= 0.6 is 12.4 Å². The highest BCUT2D eigenvalue weighted by Crippen LogP contribution is 2.25. The van der Waals surface area contributed by atoms with Gasteiger partial charge in [0.05, 0.1) is 16.7 Å². The van der Waals surface area contributed by atoms with E-state index in [0.717, 1.165) is 23.3 Å². The van der Waals surface area contributed by atoms with Crippen LogP contribution in [0.3, 0.4) is 0 Å². The molecule has 1 saturated heterocycles. The van der Waals surface area contributed by atoms with Crippen molar-refractivity contribution in [2.24, 2.45) is 0 Å². The number of halogens is 1. The Morgan fingerprint density at radius 2 is 1.74 bits per heavy atom. The smallest absolute Gasteiger partial charge is 0.409 e. The SMILES string of the molecule is C[C@@H](COC(=O)N1CCC(n2c(=O)[nH]c3ccccc32)CC1)N(Cc1ccccc1)Cc1ccccn1.Cl. The zero-order valence-corrected chi connectivity index (χ0v) is 22.3. The third-order valence-corrected chi connectivity index (χ3v) is 7.10. The topological polar surface area (TPSA) is 83.5 Å². The minimum atomic E-state index is -0.297. The van der Waals surface area contributed by atoms with Crippen LogP contribution in [0.1, 0.15) is 37.1 Å². The first-order valence-corrected chi connectivity index (χ1v) is 12.9. The van der Waals surface area contributed by atoms with Gasteiger partial charge in [-0.3, -0.25) is 14.5 Å². The molecule has 1 aliphatic rings. The number of nitrogens with zero attached hydrogens (tertiary/aromatic N) is 4. The van der Waals surface area contributed by atoms with Gasteiger partial charge in [-0.05, 0) is 49.6 Å². The summed E-state index contributed by atoms with van der Waals surface area (Å²) >= 11 is 0. The van der Waals surface area contributed by atoms with E-state index in [2.05, 4.69) is 33.9 Å². The Bertz CT molecular complexity index is 1330. The van der Waals surface area contributed by atoms with Crippen LogP contribution in [0.5, 0.6) is 0 Å². The number of H-pyrrole nitrogens is 1. The van der Waals surface area contributed by atoms with Gasteiger partial charge in [-0.25, -0.2) is 9.59 Å². The third-order valence-electron chi connectivity index (χ3n) is 7.10. The Morgan fingerprint density at radius 1 is 1.03 bits per heavy atom. The van der Waals surface area contributed by atoms with Gasteiger partial charge in [0, 0.05) is 44.5 Å². The summed E-state index contributed by atoms with van der Waals surface area (Å²) in [6, 6.07) is 24.0. The van der Waals surface area contributed by atoms with E-state index in [0.29, 0.717) is 39.1 Å². The van der Waals surface area contributed by atoms with Crippen molar-refractivity contribution >= 4 is 29.5 Å². The molecular weight excluding hydrogens is 502 g/mol. The number of likely N-dealkylation sites (tertiary alicyclic amines) is 1. The van der Waals surface area contributed by atoms with Gasteiger partial charge in [-0.2, -0.15) is 0 Å². The van der Waals surface area contributed by atoms with E-state index < -0.39 is 0 Å². The molecule has 0 spiro atoms. The minimum absolute atomic E-state index is 0. The van der Waals surface area contributed by atoms with E-state index in [9.17, 15) is 9.59 Å². The molecule has 0 unspecified atom stereocenters. The summed E-state index contributed by atoms with van der Waals surface area (Å²) in [4.78, 5) is 36.9. The number of benzene rings is 2. The molecule has 1 fully saturated rings. The van der Waals surface area contributed by atoms with Gasteiger partial charge in [-0.1, -0.05) is 48.5 Å². The van der Waals surface area contributed by atoms with Crippen LogP contribution in [0.25, 0.3) is 11.0 Å². The standard InChI is InChI=1S/C29H33N5O3.ClH/c1-22(33(19-23-9-3-2-4-10-23)20-24-11-7-8-16-30-24)21-37-29(36)32-17-14-25(15-18-32)34-27-13-6-5-12-26(27)31-28(34)35;/h2-13,16,22,25H,14-15,17-21H2,1H3,(H,31,35);1H/t22-;/m0./s1. The Kier molecular flexibility index (Phi) is 9.20. The maximum Gasteiger partial charge on any atom is 0.409 e. The van der Waals surface area contributed by atoms with Crippen LogP contribution in [0, 0.1) is 0 Å². The van der Waals surface area contributed by atoms with E-state index in [1.807, 2.05) is 65.2 Å². The molecule has 1 atom stereocenters. The molecule has 1 N–H and O–H groups in total. The summed E-state index contributed by atoms with van der Waals surface area (Å²) in [5.74, 6) is 0. The summed E-state index contributed by atoms with van der Waals surface area (Å²) < 4.78 is 7.60. The number of fused-ring (bicyclic) bond motifs is 1. The molecule has 9 heteroatoms. The fourth-order valence-electron chi connectivity index (χ4n) is 5.02. The maximum atomic E-state index is 12.9. The largest absolute Gasteiger partial charge is 0.448 e. The molecule has 3 heterocycles. The molecule has 2 aromatic heterocycles. The van der Waals surface area contributed by atoms with Gasteiger partial charge in [0.2, 0.25) is 0 Å². The molecule has 8 nitrogen and oxygen atoms in total. The lowest BCUT2D eigenvalue weighted by Crippen LogP contribution is -2.43. The number of para-hydroxylation sites is 2. The van der Waals surface area contributed by atoms with Crippen molar-refractivity contribution in [3.8, 4) is 0 Å². The monoisotopic (exact) mass is 535 g/mol. The number of imidazole rings is 1. The second kappa shape index (κ2) is 12.8. The number of amides is 1. The second-order valence-electron chi connectivity index (χ2n) is 9.67. The van der Waals surface area contributed by atoms with Crippen LogP contribution in [-0.2, 0) is 17.8 Å². The van der Waals surface area contributed by atoms with Gasteiger partial charge >= 0.3 is 11.8 Å². The number of hydrogen-bond acceptors (Lipinski definition) is 5. The molecule has 0 aliphatic carbocycles. The van der Waals surface area contributed by atoms with Crippen LogP contribution in [0.15, 0.2) is 83.8 Å². The van der Waals surface area contributed by atoms with E-state index in [1.54, 1.807) is 11.1 Å². The van der Waals surface area contributed by atoms with Crippen molar-refractivity contribution in [2.45, 2.75) is 44.9 Å². The zero-order valence-electron chi connectivity index (χ0n) is 21.5. The van der Waals surface area contributed by atoms with Crippen molar-refractivity contribution in [2.75, 3.05) is 19.7 Å². The van der Waals surface area contributed by atoms with Gasteiger partial charge in [-0.15, -0.1) is 12.4 Å². The van der Waals surface area contributed by atoms with E-state index >= 15 is 0 Å². The first-order chi connectivity index (χ1) is 18.1. The predicted molar refractivity (Wildman–Crippen MR) is 150 cm³/mol. The number of rotatable bonds is 8. The molecule has 38 heavy (non-hydrogen) atoms. The van der Waals surface area contributed by atoms with Crippen LogP contribution in [0.4, 0.5) is 4.79 Å². The number of nitrogens with one attached hydrogen (secondary N) is 1. The summed E-state index contributed by atoms with van der Waals surface area (Å²) in [6.45, 7) is 4.90. The number of hydrogen-bond donors (Lipinski definition) is 1. The van der Waals surface area contributed by atoms with E-state index in [-0.39, 0.29) is 36.3 Å². The summed E-state index contributed by atoms with van der Waals surface area (Å²) in [5.41, 5.74) is 3.84. The Hall–Kier alpha value is -3.62. The predicted octanol–water partition coefficient (Wildman–Crippen LogP) is 5.01. The van der Waals surface area contributed by atoms with Gasteiger partial charge in [0.1, 0.15) is 6.61 Å². The Labute approximate surface area is 228 Å². The van der Waals surface area contributed by atoms with Gasteiger partial charge in [0.15, 0.2) is 0 Å². The average molecular weight is 536 g/mol. The van der Waals surface area contributed by atoms with Crippen molar-refractivity contribution in [3.63, 3.8) is 0 Å². The number of aromatic nitrogens is 3. The lowest BCUT2D eigenvalue weighted by molar-refractivity contribution is 0.0564. The molecule has 0 bridgehead atoms. The van der Waals surface area contributed by atoms with Gasteiger partial charge < -0.3 is 14.6 Å². The summed E-state index contributed by atoms with van der Waals surface area (Å²) in [6.07, 6.45) is 2.93. The first kappa shape index (κ1) is 27.4. The first-order valence-electron chi connectivity index (χ1n) is 12.9. The zero-order chi connectivity index (χ0) is 25.6. The van der Waals surface area contributed by atoms with Crippen LogP contribution in [0.2, 0.25) is 0 Å². The minimum Gasteiger partial charge on any atom is -0.448 e. The number of pyridine rings is 1. The molecule has 0 radical (unpaired) electrons. The van der Waals surface area contributed by atoms with E-state index in [4.69, 9.17) is 4.74 Å². The average Bonchev–Trinajstić information content (AvgIpc) is 3.28. The number of ether oxygens (including phenoxy) is 1. The molecule has 1 amide bonds. The summed E-state index contributed by atoms with van der Waals surface area (Å²) in [5, 5.41) is 0. The highest BCUT2D eigenvalue weighted by Gasteiger charge is 2.27. The highest BCUT2D eigenvalue weighted by molar-refractivity contribution is 5.85. The molecule has 0 saturated carbocycles. The fraction of sp³-hybridized carbons (Fsp3) is 0.345. The third kappa shape index (κ3) is 6.44. The van der Waals surface area contributed by atoms with Gasteiger partial charge in [0.25, 0.3) is 0 Å². The van der Waals surface area contributed by atoms with Crippen molar-refractivity contribution < 1.29 is 9.53 Å². The highest BCUT2D eigenvalue weighted by atomic mass is 35.5. The lowest BCUT2D eigenvalue weighted by atomic mass is 10.0. The number of carbonyl (C=O) groups is 1. The molecule has 2 aromatic carbocycles. The molecule has 1 aliphatic heterocycles. The number of carbonyl (C=O) groups excluding carboxylic acids is 1. The van der Waals surface area contributed by atoms with Crippen molar-refractivity contribution in [1.29, 1.82) is 0 Å². The lowest BCUT2D eigenvalue weighted by Gasteiger charge is -2.33. The summed E-state index contributed by atoms with van der Waals surface area (Å²) in [7, 11) is 0. The normalized spacial score (nSPS) is 14.8. The van der Waals surface area contributed by atoms with Crippen molar-refractivity contribution in [1.82, 2.24) is 24.3 Å². The molecule has 5 rings (SSSR count). The Morgan fingerprint density at radius 3 is 2.47 bits per heavy atom. The fourth-order valence-corrected chi connectivity index (χ4v) is 5.02.